The molecule has 0 radical (unpaired) electrons. The van der Waals surface area contributed by atoms with E-state index in [2.05, 4.69) is 0 Å². The van der Waals surface area contributed by atoms with Crippen molar-refractivity contribution in [3.63, 3.8) is 0 Å². The van der Waals surface area contributed by atoms with Gasteiger partial charge in [0.1, 0.15) is 0 Å². The van der Waals surface area contributed by atoms with Gasteiger partial charge in [-0.3, -0.25) is 18.2 Å². The van der Waals surface area contributed by atoms with Crippen LogP contribution in [0.5, 0.6) is 0 Å². The molecule has 4 N–H and O–H groups in total. The lowest BCUT2D eigenvalue weighted by molar-refractivity contribution is -0.124. The molecule has 0 saturated heterocycles. The van der Waals surface area contributed by atoms with Gasteiger partial charge in [-0.1, -0.05) is 13.8 Å². The molecule has 0 bridgehead atoms. The van der Waals surface area contributed by atoms with Crippen LogP contribution < -0.4 is 0 Å². The van der Waals surface area contributed by atoms with Crippen molar-refractivity contribution in [2.75, 3.05) is 13.2 Å². The molecule has 176 valence electrons. The van der Waals surface area contributed by atoms with Crippen molar-refractivity contribution in [3.05, 3.63) is 0 Å². The SMILES string of the molecule is CC(C)(COP(=O)(OC(C)(C)O)C(C)(C)O)COP(=O)(OC(C)(C)O)C(C)(C)O. The predicted octanol–water partition coefficient (Wildman–Crippen LogP) is 3.38. The Morgan fingerprint density at radius 3 is 1.00 bits per heavy atom. The van der Waals surface area contributed by atoms with Crippen LogP contribution in [0.1, 0.15) is 69.2 Å². The Labute approximate surface area is 173 Å². The normalized spacial score (nSPS) is 19.0. The average molecular weight is 464 g/mol. The van der Waals surface area contributed by atoms with Crippen LogP contribution in [0.25, 0.3) is 0 Å². The van der Waals surface area contributed by atoms with Crippen molar-refractivity contribution in [1.29, 1.82) is 0 Å². The Hall–Kier alpha value is 0.140. The average Bonchev–Trinajstić information content (AvgIpc) is 2.37. The third kappa shape index (κ3) is 9.87. The molecule has 0 aromatic carbocycles. The van der Waals surface area contributed by atoms with Crippen molar-refractivity contribution in [2.45, 2.75) is 91.5 Å². The van der Waals surface area contributed by atoms with Crippen LogP contribution >= 0.6 is 15.2 Å². The Kier molecular flexibility index (Phi) is 8.99. The molecule has 0 aliphatic rings. The molecular weight excluding hydrogens is 426 g/mol. The van der Waals surface area contributed by atoms with E-state index in [1.807, 2.05) is 0 Å². The molecule has 29 heavy (non-hydrogen) atoms. The number of hydrogen-bond acceptors (Lipinski definition) is 10. The summed E-state index contributed by atoms with van der Waals surface area (Å²) < 4.78 is 47.0. The van der Waals surface area contributed by atoms with Crippen LogP contribution in [0.4, 0.5) is 0 Å². The molecule has 12 heteroatoms. The van der Waals surface area contributed by atoms with Crippen LogP contribution in [0.15, 0.2) is 0 Å². The van der Waals surface area contributed by atoms with Crippen LogP contribution in [0.2, 0.25) is 0 Å². The first-order valence-electron chi connectivity index (χ1n) is 9.13. The highest BCUT2D eigenvalue weighted by Gasteiger charge is 2.49. The summed E-state index contributed by atoms with van der Waals surface area (Å²) in [4.78, 5) is 0. The molecule has 0 fully saturated rings. The van der Waals surface area contributed by atoms with Gasteiger partial charge in [0, 0.05) is 5.41 Å². The van der Waals surface area contributed by atoms with E-state index in [-0.39, 0.29) is 13.2 Å². The fourth-order valence-electron chi connectivity index (χ4n) is 1.74. The van der Waals surface area contributed by atoms with E-state index >= 15 is 0 Å². The van der Waals surface area contributed by atoms with Gasteiger partial charge in [-0.2, -0.15) is 0 Å². The molecule has 0 aliphatic heterocycles. The van der Waals surface area contributed by atoms with Gasteiger partial charge in [0.2, 0.25) is 0 Å². The number of aliphatic hydroxyl groups is 4. The van der Waals surface area contributed by atoms with E-state index in [0.29, 0.717) is 0 Å². The van der Waals surface area contributed by atoms with Crippen LogP contribution in [0, 0.1) is 5.41 Å². The summed E-state index contributed by atoms with van der Waals surface area (Å²) in [5.41, 5.74) is -0.937. The molecule has 0 aliphatic carbocycles. The molecule has 0 aromatic rings. The van der Waals surface area contributed by atoms with Crippen LogP contribution in [0.3, 0.4) is 0 Å². The standard InChI is InChI=1S/C17H38O10P2/c1-13(2,11-24-28(22,16(7,8)20)26-14(3,4)18)12-25-29(23,17(9,10)21)27-15(5,6)19/h18-21H,11-12H2,1-10H3. The molecule has 0 amide bonds. The van der Waals surface area contributed by atoms with Crippen LogP contribution in [-0.2, 0) is 27.2 Å². The lowest BCUT2D eigenvalue weighted by Gasteiger charge is -2.37. The molecule has 0 rings (SSSR count). The first kappa shape index (κ1) is 29.1. The zero-order valence-corrected chi connectivity index (χ0v) is 20.8. The largest absolute Gasteiger partial charge is 0.378 e. The minimum absolute atomic E-state index is 0.279. The van der Waals surface area contributed by atoms with Gasteiger partial charge >= 0.3 is 15.2 Å². The summed E-state index contributed by atoms with van der Waals surface area (Å²) in [5.74, 6) is -3.65. The Morgan fingerprint density at radius 2 is 0.828 bits per heavy atom. The lowest BCUT2D eigenvalue weighted by atomic mass is 9.97. The Bertz CT molecular complexity index is 579. The fourth-order valence-corrected chi connectivity index (χ4v) is 5.14. The highest BCUT2D eigenvalue weighted by molar-refractivity contribution is 7.55. The molecule has 0 heterocycles. The summed E-state index contributed by atoms with van der Waals surface area (Å²) >= 11 is 0. The van der Waals surface area contributed by atoms with Gasteiger partial charge in [-0.25, -0.2) is 0 Å². The second kappa shape index (κ2) is 8.94. The summed E-state index contributed by atoms with van der Waals surface area (Å²) in [7, 11) is -8.38. The van der Waals surface area contributed by atoms with E-state index in [0.717, 1.165) is 0 Å². The molecule has 0 saturated carbocycles. The third-order valence-corrected chi connectivity index (χ3v) is 8.27. The van der Waals surface area contributed by atoms with E-state index in [1.165, 1.54) is 55.4 Å². The fraction of sp³-hybridized carbons (Fsp3) is 1.00. The third-order valence-electron chi connectivity index (χ3n) is 3.28. The smallest absolute Gasteiger partial charge is 0.363 e. The van der Waals surface area contributed by atoms with Crippen molar-refractivity contribution < 1.29 is 47.7 Å². The molecule has 2 unspecified atom stereocenters. The Morgan fingerprint density at radius 1 is 0.586 bits per heavy atom. The number of rotatable bonds is 12. The quantitative estimate of drug-likeness (QED) is 0.250. The van der Waals surface area contributed by atoms with Crippen LogP contribution in [-0.4, -0.2) is 55.9 Å². The zero-order valence-electron chi connectivity index (χ0n) is 19.0. The van der Waals surface area contributed by atoms with E-state index in [9.17, 15) is 29.6 Å². The molecular formula is C17H38O10P2. The van der Waals surface area contributed by atoms with Crippen molar-refractivity contribution >= 4 is 15.2 Å². The monoisotopic (exact) mass is 464 g/mol. The highest BCUT2D eigenvalue weighted by Crippen LogP contribution is 2.62. The van der Waals surface area contributed by atoms with Gasteiger partial charge in [-0.15, -0.1) is 0 Å². The first-order chi connectivity index (χ1) is 12.3. The van der Waals surface area contributed by atoms with Gasteiger partial charge < -0.3 is 29.5 Å². The topological polar surface area (TPSA) is 152 Å². The second-order valence-electron chi connectivity index (χ2n) is 9.77. The zero-order chi connectivity index (χ0) is 23.7. The van der Waals surface area contributed by atoms with E-state index < -0.39 is 42.9 Å². The van der Waals surface area contributed by atoms with Gasteiger partial charge in [0.25, 0.3) is 0 Å². The lowest BCUT2D eigenvalue weighted by Crippen LogP contribution is -2.35. The minimum atomic E-state index is -4.19. The van der Waals surface area contributed by atoms with Crippen molar-refractivity contribution in [3.8, 4) is 0 Å². The second-order valence-corrected chi connectivity index (χ2v) is 14.8. The molecule has 2 atom stereocenters. The first-order valence-corrected chi connectivity index (χ1v) is 12.2. The Balaban J connectivity index is 5.41. The van der Waals surface area contributed by atoms with Crippen molar-refractivity contribution in [1.82, 2.24) is 0 Å². The summed E-state index contributed by atoms with van der Waals surface area (Å²) in [5, 5.41) is 36.3. The maximum Gasteiger partial charge on any atom is 0.363 e. The van der Waals surface area contributed by atoms with E-state index in [1.54, 1.807) is 13.8 Å². The molecule has 10 nitrogen and oxygen atoms in total. The summed E-state index contributed by atoms with van der Waals surface area (Å²) in [6, 6.07) is 0. The van der Waals surface area contributed by atoms with Crippen molar-refractivity contribution in [2.24, 2.45) is 5.41 Å². The summed E-state index contributed by atoms with van der Waals surface area (Å²) in [6.45, 7) is 12.6. The maximum atomic E-state index is 13.0. The van der Waals surface area contributed by atoms with E-state index in [4.69, 9.17) is 18.1 Å². The molecule has 0 aromatic heterocycles. The highest BCUT2D eigenvalue weighted by atomic mass is 31.2. The molecule has 0 spiro atoms. The summed E-state index contributed by atoms with van der Waals surface area (Å²) in [6.07, 6.45) is 0. The number of hydrogen-bond donors (Lipinski definition) is 4. The predicted molar refractivity (Wildman–Crippen MR) is 108 cm³/mol. The minimum Gasteiger partial charge on any atom is -0.378 e. The van der Waals surface area contributed by atoms with Gasteiger partial charge in [0.15, 0.2) is 22.3 Å². The van der Waals surface area contributed by atoms with Gasteiger partial charge in [-0.05, 0) is 55.4 Å². The van der Waals surface area contributed by atoms with Gasteiger partial charge in [0.05, 0.1) is 13.2 Å². The maximum absolute atomic E-state index is 13.0.